The third-order valence-corrected chi connectivity index (χ3v) is 6.59. The largest absolute Gasteiger partial charge is 0.361 e. The maximum absolute atomic E-state index is 12.9. The number of amides is 1. The first-order valence-electron chi connectivity index (χ1n) is 9.57. The molecule has 152 valence electrons. The first kappa shape index (κ1) is 20.0. The molecule has 6 nitrogen and oxygen atoms in total. The Morgan fingerprint density at radius 3 is 2.80 bits per heavy atom. The molecule has 0 atom stereocenters. The van der Waals surface area contributed by atoms with Crippen molar-refractivity contribution < 1.29 is 13.2 Å². The van der Waals surface area contributed by atoms with E-state index in [4.69, 9.17) is 6.42 Å². The fourth-order valence-electron chi connectivity index (χ4n) is 3.63. The molecule has 1 aliphatic rings. The number of rotatable bonds is 5. The van der Waals surface area contributed by atoms with Crippen molar-refractivity contribution in [3.05, 3.63) is 71.9 Å². The van der Waals surface area contributed by atoms with E-state index in [0.717, 1.165) is 17.5 Å². The highest BCUT2D eigenvalue weighted by Gasteiger charge is 2.22. The number of terminal acetylenes is 1. The minimum atomic E-state index is -3.75. The van der Waals surface area contributed by atoms with Gasteiger partial charge < -0.3 is 9.88 Å². The summed E-state index contributed by atoms with van der Waals surface area (Å²) in [4.78, 5) is 18.0. The van der Waals surface area contributed by atoms with E-state index in [1.54, 1.807) is 17.0 Å². The molecular weight excluding hydrogens is 398 g/mol. The quantitative estimate of drug-likeness (QED) is 0.624. The minimum absolute atomic E-state index is 0.0237. The summed E-state index contributed by atoms with van der Waals surface area (Å²) in [6.45, 7) is 0.935. The second kappa shape index (κ2) is 8.19. The molecule has 0 saturated carbocycles. The van der Waals surface area contributed by atoms with Crippen LogP contribution in [0.25, 0.3) is 16.5 Å². The molecule has 2 heterocycles. The second-order valence-electron chi connectivity index (χ2n) is 7.03. The number of hydrogen-bond donors (Lipinski definition) is 2. The van der Waals surface area contributed by atoms with Crippen molar-refractivity contribution in [2.75, 3.05) is 19.6 Å². The number of fused-ring (bicyclic) bond motifs is 1. The summed E-state index contributed by atoms with van der Waals surface area (Å²) in [5.74, 6) is 2.04. The predicted molar refractivity (Wildman–Crippen MR) is 117 cm³/mol. The number of carbonyl (C=O) groups is 1. The number of sulfonamides is 1. The molecule has 0 spiro atoms. The molecule has 7 heteroatoms. The van der Waals surface area contributed by atoms with Gasteiger partial charge in [0.1, 0.15) is 0 Å². The van der Waals surface area contributed by atoms with Gasteiger partial charge in [-0.25, -0.2) is 8.42 Å². The van der Waals surface area contributed by atoms with Crippen molar-refractivity contribution in [2.45, 2.75) is 11.3 Å². The number of aromatic amines is 1. The van der Waals surface area contributed by atoms with Crippen LogP contribution in [0.15, 0.2) is 65.7 Å². The van der Waals surface area contributed by atoms with E-state index in [-0.39, 0.29) is 17.3 Å². The lowest BCUT2D eigenvalue weighted by molar-refractivity contribution is 0.0772. The topological polar surface area (TPSA) is 82.3 Å². The van der Waals surface area contributed by atoms with Gasteiger partial charge in [-0.3, -0.25) is 4.79 Å². The smallest absolute Gasteiger partial charge is 0.254 e. The number of H-pyrrole nitrogens is 1. The lowest BCUT2D eigenvalue weighted by atomic mass is 9.98. The van der Waals surface area contributed by atoms with Gasteiger partial charge in [0.2, 0.25) is 10.0 Å². The molecule has 1 aliphatic heterocycles. The van der Waals surface area contributed by atoms with Crippen LogP contribution < -0.4 is 4.72 Å². The zero-order chi connectivity index (χ0) is 21.1. The zero-order valence-electron chi connectivity index (χ0n) is 16.3. The Labute approximate surface area is 175 Å². The summed E-state index contributed by atoms with van der Waals surface area (Å²) in [6.07, 6.45) is 9.92. The highest BCUT2D eigenvalue weighted by molar-refractivity contribution is 7.89. The first-order valence-corrected chi connectivity index (χ1v) is 11.1. The lowest BCUT2D eigenvalue weighted by Gasteiger charge is -2.26. The van der Waals surface area contributed by atoms with Crippen LogP contribution in [-0.4, -0.2) is 43.8 Å². The molecule has 0 unspecified atom stereocenters. The third-order valence-electron chi connectivity index (χ3n) is 5.19. The van der Waals surface area contributed by atoms with E-state index in [9.17, 15) is 13.2 Å². The Bertz CT molecular complexity index is 1280. The van der Waals surface area contributed by atoms with Crippen LogP contribution in [0, 0.1) is 12.3 Å². The van der Waals surface area contributed by atoms with Crippen LogP contribution in [-0.2, 0) is 10.0 Å². The molecule has 0 fully saturated rings. The zero-order valence-corrected chi connectivity index (χ0v) is 17.1. The first-order chi connectivity index (χ1) is 14.5. The highest BCUT2D eigenvalue weighted by Crippen LogP contribution is 2.29. The standard InChI is InChI=1S/C23H21N3O3S/c1-2-12-25-30(28,29)19-7-5-6-18(15-19)23(27)26-13-10-17(11-14-26)21-16-24-22-9-4-3-8-20(21)22/h1,3-10,15-16,24-25H,11-14H2. The van der Waals surface area contributed by atoms with Crippen LogP contribution in [0.1, 0.15) is 22.3 Å². The van der Waals surface area contributed by atoms with E-state index in [2.05, 4.69) is 27.8 Å². The average Bonchev–Trinajstić information content (AvgIpc) is 3.22. The molecule has 0 saturated heterocycles. The van der Waals surface area contributed by atoms with Gasteiger partial charge in [0.25, 0.3) is 5.91 Å². The van der Waals surface area contributed by atoms with E-state index in [1.165, 1.54) is 23.1 Å². The number of para-hydroxylation sites is 1. The van der Waals surface area contributed by atoms with E-state index < -0.39 is 10.0 Å². The number of carbonyl (C=O) groups excluding carboxylic acids is 1. The van der Waals surface area contributed by atoms with Crippen LogP contribution in [0.4, 0.5) is 0 Å². The fraction of sp³-hybridized carbons (Fsp3) is 0.174. The predicted octanol–water partition coefficient (Wildman–Crippen LogP) is 3.01. The number of nitrogens with one attached hydrogen (secondary N) is 2. The van der Waals surface area contributed by atoms with Gasteiger partial charge in [-0.15, -0.1) is 6.42 Å². The van der Waals surface area contributed by atoms with Gasteiger partial charge in [0.05, 0.1) is 11.4 Å². The summed E-state index contributed by atoms with van der Waals surface area (Å²) in [5.41, 5.74) is 3.78. The molecule has 4 rings (SSSR count). The number of nitrogens with zero attached hydrogens (tertiary/aromatic N) is 1. The van der Waals surface area contributed by atoms with Crippen molar-refractivity contribution in [2.24, 2.45) is 0 Å². The Balaban J connectivity index is 1.52. The Morgan fingerprint density at radius 2 is 2.03 bits per heavy atom. The SMILES string of the molecule is C#CCNS(=O)(=O)c1cccc(C(=O)N2CC=C(c3c[nH]c4ccccc34)CC2)c1. The van der Waals surface area contributed by atoms with E-state index in [1.807, 2.05) is 24.4 Å². The van der Waals surface area contributed by atoms with Gasteiger partial charge >= 0.3 is 0 Å². The van der Waals surface area contributed by atoms with Crippen molar-refractivity contribution in [1.82, 2.24) is 14.6 Å². The third kappa shape index (κ3) is 3.88. The molecule has 30 heavy (non-hydrogen) atoms. The number of benzene rings is 2. The van der Waals surface area contributed by atoms with Crippen LogP contribution in [0.2, 0.25) is 0 Å². The Kier molecular flexibility index (Phi) is 5.44. The average molecular weight is 420 g/mol. The summed E-state index contributed by atoms with van der Waals surface area (Å²) in [6, 6.07) is 14.2. The monoisotopic (exact) mass is 419 g/mol. The van der Waals surface area contributed by atoms with Crippen LogP contribution in [0.3, 0.4) is 0 Å². The van der Waals surface area contributed by atoms with Crippen LogP contribution >= 0.6 is 0 Å². The Morgan fingerprint density at radius 1 is 1.20 bits per heavy atom. The molecule has 2 N–H and O–H groups in total. The number of aromatic nitrogens is 1. The molecule has 1 amide bonds. The summed E-state index contributed by atoms with van der Waals surface area (Å²) in [7, 11) is -3.75. The summed E-state index contributed by atoms with van der Waals surface area (Å²) < 4.78 is 26.9. The van der Waals surface area contributed by atoms with Gasteiger partial charge in [-0.1, -0.05) is 36.3 Å². The van der Waals surface area contributed by atoms with Crippen LogP contribution in [0.5, 0.6) is 0 Å². The van der Waals surface area contributed by atoms with Crippen molar-refractivity contribution in [3.63, 3.8) is 0 Å². The number of hydrogen-bond acceptors (Lipinski definition) is 3. The summed E-state index contributed by atoms with van der Waals surface area (Å²) >= 11 is 0. The van der Waals surface area contributed by atoms with Crippen molar-refractivity contribution >= 4 is 32.4 Å². The van der Waals surface area contributed by atoms with Gasteiger partial charge in [-0.05, 0) is 36.3 Å². The molecule has 0 radical (unpaired) electrons. The Hall–Kier alpha value is -3.34. The maximum Gasteiger partial charge on any atom is 0.254 e. The lowest BCUT2D eigenvalue weighted by Crippen LogP contribution is -2.34. The summed E-state index contributed by atoms with van der Waals surface area (Å²) in [5, 5.41) is 1.17. The van der Waals surface area contributed by atoms with Gasteiger partial charge in [0.15, 0.2) is 0 Å². The maximum atomic E-state index is 12.9. The molecular formula is C23H21N3O3S. The van der Waals surface area contributed by atoms with Crippen molar-refractivity contribution in [3.8, 4) is 12.3 Å². The van der Waals surface area contributed by atoms with E-state index >= 15 is 0 Å². The fourth-order valence-corrected chi connectivity index (χ4v) is 4.61. The van der Waals surface area contributed by atoms with E-state index in [0.29, 0.717) is 18.7 Å². The molecule has 2 aromatic carbocycles. The normalized spacial score (nSPS) is 14.4. The second-order valence-corrected chi connectivity index (χ2v) is 8.80. The molecule has 1 aromatic heterocycles. The molecule has 0 bridgehead atoms. The molecule has 0 aliphatic carbocycles. The van der Waals surface area contributed by atoms with Gasteiger partial charge in [0, 0.05) is 41.3 Å². The van der Waals surface area contributed by atoms with Crippen molar-refractivity contribution in [1.29, 1.82) is 0 Å². The highest BCUT2D eigenvalue weighted by atomic mass is 32.2. The molecule has 3 aromatic rings. The minimum Gasteiger partial charge on any atom is -0.361 e. The van der Waals surface area contributed by atoms with Gasteiger partial charge in [-0.2, -0.15) is 4.72 Å².